The summed E-state index contributed by atoms with van der Waals surface area (Å²) in [4.78, 5) is 3.55. The molecule has 5 rings (SSSR count). The summed E-state index contributed by atoms with van der Waals surface area (Å²) in [7, 11) is 0. The number of allylic oxidation sites excluding steroid dienone is 1. The van der Waals surface area contributed by atoms with Gasteiger partial charge in [0.1, 0.15) is 0 Å². The van der Waals surface area contributed by atoms with E-state index in [1.165, 1.54) is 41.4 Å². The lowest BCUT2D eigenvalue weighted by molar-refractivity contribution is -0.109. The molecule has 5 unspecified atom stereocenters. The molecule has 3 fully saturated rings. The summed E-state index contributed by atoms with van der Waals surface area (Å²) < 4.78 is 0. The van der Waals surface area contributed by atoms with Gasteiger partial charge >= 0.3 is 0 Å². The lowest BCUT2D eigenvalue weighted by Crippen LogP contribution is -2.48. The highest BCUT2D eigenvalue weighted by atomic mass is 16.3. The third kappa shape index (κ3) is 3.89. The van der Waals surface area contributed by atoms with Crippen LogP contribution in [0.5, 0.6) is 0 Å². The number of benzene rings is 1. The summed E-state index contributed by atoms with van der Waals surface area (Å²) in [6, 6.07) is 10.7. The van der Waals surface area contributed by atoms with Crippen LogP contribution in [0.4, 0.5) is 0 Å². The predicted molar refractivity (Wildman–Crippen MR) is 127 cm³/mol. The van der Waals surface area contributed by atoms with Crippen LogP contribution in [0, 0.1) is 23.7 Å². The molecular formula is C28H39NO2. The second-order valence-corrected chi connectivity index (χ2v) is 11.1. The van der Waals surface area contributed by atoms with E-state index in [4.69, 9.17) is 0 Å². The smallest absolute Gasteiger partial charge is 0.0707 e. The molecule has 31 heavy (non-hydrogen) atoms. The molecule has 3 saturated carbocycles. The van der Waals surface area contributed by atoms with Crippen LogP contribution >= 0.6 is 0 Å². The zero-order valence-electron chi connectivity index (χ0n) is 19.1. The van der Waals surface area contributed by atoms with E-state index in [-0.39, 0.29) is 11.8 Å². The Morgan fingerprint density at radius 2 is 1.81 bits per heavy atom. The van der Waals surface area contributed by atoms with Gasteiger partial charge in [-0.25, -0.2) is 0 Å². The third-order valence-electron chi connectivity index (χ3n) is 9.21. The van der Waals surface area contributed by atoms with Crippen molar-refractivity contribution in [3.63, 3.8) is 0 Å². The number of para-hydroxylation sites is 1. The van der Waals surface area contributed by atoms with E-state index < -0.39 is 11.2 Å². The van der Waals surface area contributed by atoms with Gasteiger partial charge in [-0.2, -0.15) is 0 Å². The molecule has 1 aromatic heterocycles. The van der Waals surface area contributed by atoms with E-state index in [1.54, 1.807) is 0 Å². The molecule has 0 radical (unpaired) electrons. The highest BCUT2D eigenvalue weighted by Gasteiger charge is 2.56. The zero-order chi connectivity index (χ0) is 21.6. The summed E-state index contributed by atoms with van der Waals surface area (Å²) in [5, 5.41) is 24.6. The molecule has 168 valence electrons. The van der Waals surface area contributed by atoms with Crippen molar-refractivity contribution in [1.29, 1.82) is 0 Å². The molecule has 0 saturated heterocycles. The summed E-state index contributed by atoms with van der Waals surface area (Å²) in [5.41, 5.74) is 2.36. The highest BCUT2D eigenvalue weighted by molar-refractivity contribution is 5.80. The zero-order valence-corrected chi connectivity index (χ0v) is 19.1. The maximum atomic E-state index is 12.1. The maximum absolute atomic E-state index is 12.1. The van der Waals surface area contributed by atoms with Crippen LogP contribution in [-0.2, 0) is 6.42 Å². The van der Waals surface area contributed by atoms with Gasteiger partial charge in [0.05, 0.1) is 11.2 Å². The molecule has 3 aliphatic rings. The Morgan fingerprint density at radius 1 is 1.03 bits per heavy atom. The van der Waals surface area contributed by atoms with Crippen molar-refractivity contribution in [3.8, 4) is 0 Å². The van der Waals surface area contributed by atoms with Crippen LogP contribution in [0.15, 0.2) is 42.5 Å². The normalized spacial score (nSPS) is 36.9. The Balaban J connectivity index is 1.38. The monoisotopic (exact) mass is 421 g/mol. The molecule has 3 aliphatic carbocycles. The van der Waals surface area contributed by atoms with Gasteiger partial charge in [0.2, 0.25) is 0 Å². The molecule has 3 nitrogen and oxygen atoms in total. The first-order valence-corrected chi connectivity index (χ1v) is 12.6. The lowest BCUT2D eigenvalue weighted by atomic mass is 9.65. The maximum Gasteiger partial charge on any atom is 0.0707 e. The van der Waals surface area contributed by atoms with Crippen molar-refractivity contribution in [1.82, 2.24) is 4.98 Å². The number of H-pyrrole nitrogens is 1. The molecule has 0 amide bonds. The van der Waals surface area contributed by atoms with Gasteiger partial charge in [-0.15, -0.1) is 0 Å². The van der Waals surface area contributed by atoms with Gasteiger partial charge in [0.15, 0.2) is 0 Å². The van der Waals surface area contributed by atoms with Crippen molar-refractivity contribution in [2.24, 2.45) is 23.7 Å². The number of hydrogen-bond donors (Lipinski definition) is 3. The fraction of sp³-hybridized carbons (Fsp3) is 0.643. The fourth-order valence-corrected chi connectivity index (χ4v) is 7.40. The van der Waals surface area contributed by atoms with E-state index in [0.29, 0.717) is 11.8 Å². The first-order valence-electron chi connectivity index (χ1n) is 12.6. The number of fused-ring (bicyclic) bond motifs is 2. The Morgan fingerprint density at radius 3 is 2.58 bits per heavy atom. The van der Waals surface area contributed by atoms with E-state index in [9.17, 15) is 10.2 Å². The number of aliphatic hydroxyl groups is 2. The van der Waals surface area contributed by atoms with E-state index in [1.807, 2.05) is 6.92 Å². The highest BCUT2D eigenvalue weighted by Crippen LogP contribution is 2.56. The Labute approximate surface area is 187 Å². The number of nitrogens with one attached hydrogen (secondary N) is 1. The second-order valence-electron chi connectivity index (χ2n) is 11.1. The van der Waals surface area contributed by atoms with E-state index >= 15 is 0 Å². The van der Waals surface area contributed by atoms with Crippen LogP contribution in [-0.4, -0.2) is 26.4 Å². The minimum atomic E-state index is -0.669. The fourth-order valence-electron chi connectivity index (χ4n) is 7.40. The van der Waals surface area contributed by atoms with Gasteiger partial charge in [0.25, 0.3) is 0 Å². The predicted octanol–water partition coefficient (Wildman–Crippen LogP) is 6.16. The van der Waals surface area contributed by atoms with Crippen LogP contribution < -0.4 is 0 Å². The molecule has 1 heterocycles. The molecular weight excluding hydrogens is 382 g/mol. The van der Waals surface area contributed by atoms with Gasteiger partial charge in [-0.05, 0) is 93.1 Å². The molecule has 0 aliphatic heterocycles. The Kier molecular flexibility index (Phi) is 5.55. The van der Waals surface area contributed by atoms with Crippen molar-refractivity contribution in [3.05, 3.63) is 48.2 Å². The van der Waals surface area contributed by atoms with Crippen molar-refractivity contribution in [2.75, 3.05) is 0 Å². The van der Waals surface area contributed by atoms with Crippen LogP contribution in [0.1, 0.15) is 76.8 Å². The summed E-state index contributed by atoms with van der Waals surface area (Å²) in [5.74, 6) is 1.17. The molecule has 1 aromatic carbocycles. The molecule has 3 heteroatoms. The molecule has 5 atom stereocenters. The second kappa shape index (κ2) is 8.08. The molecule has 0 spiro atoms. The average molecular weight is 422 g/mol. The Bertz CT molecular complexity index is 904. The van der Waals surface area contributed by atoms with Crippen molar-refractivity contribution in [2.45, 2.75) is 88.8 Å². The van der Waals surface area contributed by atoms with Crippen molar-refractivity contribution < 1.29 is 10.2 Å². The van der Waals surface area contributed by atoms with Gasteiger partial charge in [0, 0.05) is 17.6 Å². The first-order chi connectivity index (χ1) is 14.9. The van der Waals surface area contributed by atoms with Crippen molar-refractivity contribution >= 4 is 10.9 Å². The largest absolute Gasteiger partial charge is 0.390 e. The number of aromatic nitrogens is 1. The summed E-state index contributed by atoms with van der Waals surface area (Å²) >= 11 is 0. The minimum Gasteiger partial charge on any atom is -0.390 e. The summed E-state index contributed by atoms with van der Waals surface area (Å²) in [6.07, 6.45) is 11.6. The van der Waals surface area contributed by atoms with Gasteiger partial charge in [-0.1, -0.05) is 49.6 Å². The molecule has 0 bridgehead atoms. The standard InChI is InChI=1S/C28H39NO2/c1-19(16-23-17-21-8-6-7-11-26(21)29-23)20-12-15-28(31,22-9-4-3-5-10-22)24-13-14-27(2,30)25(24)18-20/h6-8,11,17,20,22,24-25,29-31H,1,3-5,9-10,12-16,18H2,2H3. The Hall–Kier alpha value is -1.58. The van der Waals surface area contributed by atoms with E-state index in [2.05, 4.69) is 41.9 Å². The SMILES string of the molecule is C=C(Cc1cc2ccccc2[nH]1)C1CCC(O)(C2CCCCC2)C2CCC(C)(O)C2C1. The lowest BCUT2D eigenvalue weighted by Gasteiger charge is -2.45. The number of hydrogen-bond acceptors (Lipinski definition) is 2. The quantitative estimate of drug-likeness (QED) is 0.518. The topological polar surface area (TPSA) is 56.2 Å². The van der Waals surface area contributed by atoms with Gasteiger partial charge in [-0.3, -0.25) is 0 Å². The number of rotatable bonds is 4. The molecule has 3 N–H and O–H groups in total. The van der Waals surface area contributed by atoms with Crippen LogP contribution in [0.3, 0.4) is 0 Å². The van der Waals surface area contributed by atoms with Gasteiger partial charge < -0.3 is 15.2 Å². The third-order valence-corrected chi connectivity index (χ3v) is 9.21. The minimum absolute atomic E-state index is 0.173. The number of aromatic amines is 1. The van der Waals surface area contributed by atoms with Crippen LogP contribution in [0.25, 0.3) is 10.9 Å². The molecule has 2 aromatic rings. The first kappa shape index (κ1) is 21.3. The average Bonchev–Trinajstić information content (AvgIpc) is 3.25. The van der Waals surface area contributed by atoms with Crippen LogP contribution in [0.2, 0.25) is 0 Å². The van der Waals surface area contributed by atoms with E-state index in [0.717, 1.165) is 51.4 Å². The summed E-state index contributed by atoms with van der Waals surface area (Å²) in [6.45, 7) is 6.54.